The predicted molar refractivity (Wildman–Crippen MR) is 76.8 cm³/mol. The number of ether oxygens (including phenoxy) is 1. The minimum Gasteiger partial charge on any atom is -0.374 e. The van der Waals surface area contributed by atoms with Gasteiger partial charge >= 0.3 is 0 Å². The van der Waals surface area contributed by atoms with Crippen molar-refractivity contribution in [1.29, 1.82) is 0 Å². The lowest BCUT2D eigenvalue weighted by Gasteiger charge is -2.25. The van der Waals surface area contributed by atoms with E-state index in [1.54, 1.807) is 0 Å². The Bertz CT molecular complexity index is 390. The molecule has 0 bridgehead atoms. The summed E-state index contributed by atoms with van der Waals surface area (Å²) in [4.78, 5) is 11.9. The van der Waals surface area contributed by atoms with Crippen LogP contribution in [0.3, 0.4) is 0 Å². The van der Waals surface area contributed by atoms with E-state index in [0.717, 1.165) is 5.56 Å². The van der Waals surface area contributed by atoms with E-state index < -0.39 is 6.04 Å². The number of nitrogens with two attached hydrogens (primary N) is 1. The summed E-state index contributed by atoms with van der Waals surface area (Å²) in [5.74, 6) is -0.142. The van der Waals surface area contributed by atoms with Crippen molar-refractivity contribution in [3.05, 3.63) is 35.9 Å². The van der Waals surface area contributed by atoms with Crippen LogP contribution in [0.5, 0.6) is 0 Å². The van der Waals surface area contributed by atoms with Gasteiger partial charge in [0.15, 0.2) is 0 Å². The van der Waals surface area contributed by atoms with Gasteiger partial charge in [0, 0.05) is 13.2 Å². The second kappa shape index (κ2) is 7.26. The van der Waals surface area contributed by atoms with E-state index in [2.05, 4.69) is 5.32 Å². The Morgan fingerprint density at radius 2 is 2.00 bits per heavy atom. The lowest BCUT2D eigenvalue weighted by molar-refractivity contribution is -0.123. The lowest BCUT2D eigenvalue weighted by atomic mass is 10.1. The van der Waals surface area contributed by atoms with Crippen LogP contribution in [0.25, 0.3) is 0 Å². The van der Waals surface area contributed by atoms with Gasteiger partial charge in [0.05, 0.1) is 11.6 Å². The number of hydrogen-bond acceptors (Lipinski definition) is 3. The zero-order valence-electron chi connectivity index (χ0n) is 12.0. The van der Waals surface area contributed by atoms with Crippen molar-refractivity contribution in [3.63, 3.8) is 0 Å². The van der Waals surface area contributed by atoms with Crippen molar-refractivity contribution in [2.24, 2.45) is 5.73 Å². The quantitative estimate of drug-likeness (QED) is 0.784. The number of rotatable bonds is 7. The highest BCUT2D eigenvalue weighted by atomic mass is 16.5. The normalized spacial score (nSPS) is 13.1. The van der Waals surface area contributed by atoms with Gasteiger partial charge in [0.25, 0.3) is 0 Å². The number of nitrogens with one attached hydrogen (secondary N) is 1. The first kappa shape index (κ1) is 15.7. The molecule has 4 heteroatoms. The average Bonchev–Trinajstić information content (AvgIpc) is 2.37. The summed E-state index contributed by atoms with van der Waals surface area (Å²) in [6.45, 7) is 6.91. The number of carbonyl (C=O) groups excluding carboxylic acids is 1. The van der Waals surface area contributed by atoms with Crippen molar-refractivity contribution in [1.82, 2.24) is 5.32 Å². The summed E-state index contributed by atoms with van der Waals surface area (Å²) in [7, 11) is 0. The number of carbonyl (C=O) groups is 1. The van der Waals surface area contributed by atoms with Crippen LogP contribution >= 0.6 is 0 Å². The number of hydrogen-bond donors (Lipinski definition) is 2. The van der Waals surface area contributed by atoms with Crippen LogP contribution in [0, 0.1) is 0 Å². The van der Waals surface area contributed by atoms with Crippen molar-refractivity contribution >= 4 is 5.91 Å². The molecule has 106 valence electrons. The molecule has 1 atom stereocenters. The summed E-state index contributed by atoms with van der Waals surface area (Å²) in [5, 5.41) is 2.84. The van der Waals surface area contributed by atoms with Crippen LogP contribution in [0.2, 0.25) is 0 Å². The van der Waals surface area contributed by atoms with E-state index >= 15 is 0 Å². The third-order valence-corrected chi connectivity index (χ3v) is 2.86. The monoisotopic (exact) mass is 264 g/mol. The molecule has 3 N–H and O–H groups in total. The van der Waals surface area contributed by atoms with Gasteiger partial charge in [-0.05, 0) is 32.8 Å². The molecule has 0 aliphatic carbocycles. The molecule has 1 aromatic carbocycles. The molecule has 1 aromatic rings. The Balaban J connectivity index is 2.41. The fourth-order valence-electron chi connectivity index (χ4n) is 1.83. The largest absolute Gasteiger partial charge is 0.374 e. The molecular weight excluding hydrogens is 240 g/mol. The Morgan fingerprint density at radius 1 is 1.37 bits per heavy atom. The van der Waals surface area contributed by atoms with Crippen LogP contribution < -0.4 is 11.1 Å². The maximum Gasteiger partial charge on any atom is 0.237 e. The van der Waals surface area contributed by atoms with Crippen molar-refractivity contribution in [2.75, 3.05) is 13.2 Å². The molecule has 0 unspecified atom stereocenters. The molecule has 0 fully saturated rings. The molecule has 0 saturated carbocycles. The van der Waals surface area contributed by atoms with E-state index in [1.165, 1.54) is 0 Å². The van der Waals surface area contributed by atoms with Crippen LogP contribution in [-0.2, 0) is 16.0 Å². The summed E-state index contributed by atoms with van der Waals surface area (Å²) >= 11 is 0. The average molecular weight is 264 g/mol. The van der Waals surface area contributed by atoms with Gasteiger partial charge in [-0.3, -0.25) is 4.79 Å². The second-order valence-electron chi connectivity index (χ2n) is 5.21. The first-order valence-electron chi connectivity index (χ1n) is 6.66. The first-order chi connectivity index (χ1) is 8.94. The van der Waals surface area contributed by atoms with Crippen molar-refractivity contribution < 1.29 is 9.53 Å². The number of benzene rings is 1. The topological polar surface area (TPSA) is 64.3 Å². The Labute approximate surface area is 115 Å². The zero-order chi connectivity index (χ0) is 14.3. The van der Waals surface area contributed by atoms with Gasteiger partial charge in [-0.2, -0.15) is 0 Å². The molecule has 4 nitrogen and oxygen atoms in total. The highest BCUT2D eigenvalue weighted by Crippen LogP contribution is 2.07. The minimum absolute atomic E-state index is 0.142. The molecule has 0 aromatic heterocycles. The van der Waals surface area contributed by atoms with Gasteiger partial charge in [-0.1, -0.05) is 30.3 Å². The van der Waals surface area contributed by atoms with E-state index in [0.29, 0.717) is 19.6 Å². The Morgan fingerprint density at radius 3 is 2.58 bits per heavy atom. The zero-order valence-corrected chi connectivity index (χ0v) is 12.0. The molecule has 0 heterocycles. The molecule has 1 amide bonds. The third kappa shape index (κ3) is 5.85. The maximum atomic E-state index is 11.9. The highest BCUT2D eigenvalue weighted by Gasteiger charge is 2.21. The van der Waals surface area contributed by atoms with E-state index in [9.17, 15) is 4.79 Å². The highest BCUT2D eigenvalue weighted by molar-refractivity contribution is 5.81. The summed E-state index contributed by atoms with van der Waals surface area (Å²) in [6, 6.07) is 9.24. The molecule has 0 aliphatic rings. The van der Waals surface area contributed by atoms with Gasteiger partial charge in [0.2, 0.25) is 5.91 Å². The van der Waals surface area contributed by atoms with Crippen LogP contribution in [0.15, 0.2) is 30.3 Å². The molecule has 19 heavy (non-hydrogen) atoms. The first-order valence-corrected chi connectivity index (χ1v) is 6.66. The molecule has 0 radical (unpaired) electrons. The van der Waals surface area contributed by atoms with Gasteiger partial charge in [-0.15, -0.1) is 0 Å². The van der Waals surface area contributed by atoms with Crippen LogP contribution in [-0.4, -0.2) is 30.7 Å². The smallest absolute Gasteiger partial charge is 0.237 e. The molecule has 0 spiro atoms. The van der Waals surface area contributed by atoms with Gasteiger partial charge in [-0.25, -0.2) is 0 Å². The summed E-state index contributed by atoms with van der Waals surface area (Å²) in [6.07, 6.45) is 0.543. The molecule has 0 aliphatic heterocycles. The van der Waals surface area contributed by atoms with E-state index in [-0.39, 0.29) is 11.5 Å². The Kier molecular flexibility index (Phi) is 5.99. The van der Waals surface area contributed by atoms with E-state index in [1.807, 2.05) is 51.1 Å². The number of amides is 1. The third-order valence-electron chi connectivity index (χ3n) is 2.86. The second-order valence-corrected chi connectivity index (χ2v) is 5.21. The van der Waals surface area contributed by atoms with Gasteiger partial charge < -0.3 is 15.8 Å². The molecule has 0 saturated heterocycles. The van der Waals surface area contributed by atoms with Crippen LogP contribution in [0.1, 0.15) is 26.3 Å². The SMILES string of the molecule is CCOC(C)(C)CNC(=O)[C@@H](N)Cc1ccccc1. The fourth-order valence-corrected chi connectivity index (χ4v) is 1.83. The fraction of sp³-hybridized carbons (Fsp3) is 0.533. The maximum absolute atomic E-state index is 11.9. The van der Waals surface area contributed by atoms with Crippen molar-refractivity contribution in [2.45, 2.75) is 38.8 Å². The Hall–Kier alpha value is -1.39. The van der Waals surface area contributed by atoms with Crippen molar-refractivity contribution in [3.8, 4) is 0 Å². The minimum atomic E-state index is -0.528. The van der Waals surface area contributed by atoms with E-state index in [4.69, 9.17) is 10.5 Å². The van der Waals surface area contributed by atoms with Gasteiger partial charge in [0.1, 0.15) is 0 Å². The predicted octanol–water partition coefficient (Wildman–Crippen LogP) is 1.49. The lowest BCUT2D eigenvalue weighted by Crippen LogP contribution is -2.47. The van der Waals surface area contributed by atoms with Crippen LogP contribution in [0.4, 0.5) is 0 Å². The summed E-state index contributed by atoms with van der Waals surface area (Å²) in [5.41, 5.74) is 6.60. The molecular formula is C15H24N2O2. The summed E-state index contributed by atoms with van der Waals surface area (Å²) < 4.78 is 5.52. The molecule has 1 rings (SSSR count). The standard InChI is InChI=1S/C15H24N2O2/c1-4-19-15(2,3)11-17-14(18)13(16)10-12-8-6-5-7-9-12/h5-9,13H,4,10-11,16H2,1-3H3,(H,17,18)/t13-/m0/s1.